The van der Waals surface area contributed by atoms with Gasteiger partial charge in [-0.25, -0.2) is 0 Å². The number of aromatic hydroxyl groups is 1. The van der Waals surface area contributed by atoms with E-state index >= 15 is 0 Å². The summed E-state index contributed by atoms with van der Waals surface area (Å²) in [5.41, 5.74) is 9.12. The molecule has 0 atom stereocenters. The van der Waals surface area contributed by atoms with Gasteiger partial charge in [0.25, 0.3) is 0 Å². The Balaban J connectivity index is 1.72. The molecule has 0 aromatic heterocycles. The number of hydrogen-bond donors (Lipinski definition) is 1. The monoisotopic (exact) mass is 534 g/mol. The number of methoxy groups -OCH3 is 2. The molecule has 6 aromatic rings. The lowest BCUT2D eigenvalue weighted by Crippen LogP contribution is -1.99. The Kier molecular flexibility index (Phi) is 7.25. The highest BCUT2D eigenvalue weighted by Gasteiger charge is 2.27. The van der Waals surface area contributed by atoms with E-state index in [1.165, 1.54) is 0 Å². The van der Waals surface area contributed by atoms with E-state index in [-0.39, 0.29) is 5.75 Å². The third-order valence-electron chi connectivity index (χ3n) is 7.43. The van der Waals surface area contributed by atoms with E-state index in [0.29, 0.717) is 22.6 Å². The second kappa shape index (κ2) is 11.4. The number of phenolic OH excluding ortho intramolecular Hbond substituents is 1. The number of ether oxygens (including phenoxy) is 2. The summed E-state index contributed by atoms with van der Waals surface area (Å²) < 4.78 is 11.9. The van der Waals surface area contributed by atoms with Crippen LogP contribution < -0.4 is 9.47 Å². The molecule has 0 radical (unpaired) electrons. The SMILES string of the molecule is COc1cc(OC)c(-c2c(-c3ccccc3)cccc2-c2ccccc2)c(O)c1-c1ccccc1-c1ccccc1. The first-order chi connectivity index (χ1) is 20.2. The molecular weight excluding hydrogens is 504 g/mol. The number of hydrogen-bond acceptors (Lipinski definition) is 3. The van der Waals surface area contributed by atoms with Gasteiger partial charge in [-0.15, -0.1) is 0 Å². The van der Waals surface area contributed by atoms with E-state index in [1.54, 1.807) is 14.2 Å². The Labute approximate surface area is 240 Å². The van der Waals surface area contributed by atoms with Crippen LogP contribution in [0.5, 0.6) is 17.2 Å². The van der Waals surface area contributed by atoms with Crippen molar-refractivity contribution in [2.45, 2.75) is 0 Å². The summed E-state index contributed by atoms with van der Waals surface area (Å²) in [6.07, 6.45) is 0. The van der Waals surface area contributed by atoms with E-state index in [1.807, 2.05) is 78.9 Å². The molecule has 0 spiro atoms. The zero-order chi connectivity index (χ0) is 28.2. The first-order valence-corrected chi connectivity index (χ1v) is 13.6. The molecule has 0 heterocycles. The lowest BCUT2D eigenvalue weighted by molar-refractivity contribution is 0.388. The van der Waals surface area contributed by atoms with Crippen molar-refractivity contribution in [2.24, 2.45) is 0 Å². The molecule has 0 amide bonds. The fraction of sp³-hybridized carbons (Fsp3) is 0.0526. The van der Waals surface area contributed by atoms with E-state index < -0.39 is 0 Å². The van der Waals surface area contributed by atoms with Crippen LogP contribution in [-0.4, -0.2) is 19.3 Å². The first kappa shape index (κ1) is 26.0. The Hall–Kier alpha value is -5.28. The molecule has 1 N–H and O–H groups in total. The molecule has 3 nitrogen and oxygen atoms in total. The van der Waals surface area contributed by atoms with Gasteiger partial charge in [-0.1, -0.05) is 133 Å². The summed E-state index contributed by atoms with van der Waals surface area (Å²) in [6, 6.07) is 46.9. The number of rotatable bonds is 7. The van der Waals surface area contributed by atoms with Crippen molar-refractivity contribution in [1.82, 2.24) is 0 Å². The molecule has 0 saturated heterocycles. The first-order valence-electron chi connectivity index (χ1n) is 13.6. The summed E-state index contributed by atoms with van der Waals surface area (Å²) >= 11 is 0. The Morgan fingerprint density at radius 1 is 0.390 bits per heavy atom. The fourth-order valence-corrected chi connectivity index (χ4v) is 5.55. The predicted octanol–water partition coefficient (Wildman–Crippen LogP) is 9.74. The highest BCUT2D eigenvalue weighted by molar-refractivity contribution is 6.03. The number of benzene rings is 6. The third kappa shape index (κ3) is 4.83. The van der Waals surface area contributed by atoms with Gasteiger partial charge in [0.05, 0.1) is 25.3 Å². The highest BCUT2D eigenvalue weighted by atomic mass is 16.5. The van der Waals surface area contributed by atoms with E-state index in [4.69, 9.17) is 9.47 Å². The van der Waals surface area contributed by atoms with Gasteiger partial charge in [0.2, 0.25) is 0 Å². The second-order valence-electron chi connectivity index (χ2n) is 9.75. The van der Waals surface area contributed by atoms with Gasteiger partial charge in [-0.3, -0.25) is 0 Å². The molecule has 0 saturated carbocycles. The predicted molar refractivity (Wildman–Crippen MR) is 168 cm³/mol. The molecule has 200 valence electrons. The lowest BCUT2D eigenvalue weighted by Gasteiger charge is -2.23. The van der Waals surface area contributed by atoms with Crippen LogP contribution in [0.1, 0.15) is 0 Å². The quantitative estimate of drug-likeness (QED) is 0.222. The van der Waals surface area contributed by atoms with Gasteiger partial charge in [0.1, 0.15) is 17.2 Å². The molecule has 0 fully saturated rings. The van der Waals surface area contributed by atoms with Gasteiger partial charge in [0, 0.05) is 11.6 Å². The van der Waals surface area contributed by atoms with Crippen molar-refractivity contribution in [2.75, 3.05) is 14.2 Å². The zero-order valence-corrected chi connectivity index (χ0v) is 23.0. The van der Waals surface area contributed by atoms with Gasteiger partial charge < -0.3 is 14.6 Å². The molecule has 6 aromatic carbocycles. The van der Waals surface area contributed by atoms with Crippen LogP contribution in [-0.2, 0) is 0 Å². The topological polar surface area (TPSA) is 38.7 Å². The van der Waals surface area contributed by atoms with Crippen LogP contribution in [0, 0.1) is 0 Å². The van der Waals surface area contributed by atoms with Crippen LogP contribution in [0.3, 0.4) is 0 Å². The standard InChI is InChI=1S/C38H30O3/c1-40-33-25-34(41-2)37(38(39)36(33)32-22-13-12-21-29(32)26-15-6-3-7-16-26)35-30(27-17-8-4-9-18-27)23-14-24-31(35)28-19-10-5-11-20-28/h3-25,39H,1-2H3. The highest BCUT2D eigenvalue weighted by Crippen LogP contribution is 2.54. The molecule has 0 aliphatic heterocycles. The van der Waals surface area contributed by atoms with Crippen LogP contribution in [0.25, 0.3) is 55.6 Å². The van der Waals surface area contributed by atoms with Crippen LogP contribution in [0.15, 0.2) is 140 Å². The summed E-state index contributed by atoms with van der Waals surface area (Å²) in [4.78, 5) is 0. The molecule has 41 heavy (non-hydrogen) atoms. The normalized spacial score (nSPS) is 10.8. The number of phenols is 1. The summed E-state index contributed by atoms with van der Waals surface area (Å²) in [5.74, 6) is 1.16. The van der Waals surface area contributed by atoms with Gasteiger partial charge in [-0.2, -0.15) is 0 Å². The Morgan fingerprint density at radius 2 is 0.780 bits per heavy atom. The van der Waals surface area contributed by atoms with Crippen LogP contribution >= 0.6 is 0 Å². The Bertz CT molecular complexity index is 1740. The summed E-state index contributed by atoms with van der Waals surface area (Å²) in [5, 5.41) is 12.4. The van der Waals surface area contributed by atoms with E-state index in [2.05, 4.69) is 60.7 Å². The van der Waals surface area contributed by atoms with Crippen molar-refractivity contribution in [3.05, 3.63) is 140 Å². The van der Waals surface area contributed by atoms with E-state index in [9.17, 15) is 5.11 Å². The average molecular weight is 535 g/mol. The summed E-state index contributed by atoms with van der Waals surface area (Å²) in [6.45, 7) is 0. The third-order valence-corrected chi connectivity index (χ3v) is 7.43. The molecule has 0 aliphatic carbocycles. The average Bonchev–Trinajstić information content (AvgIpc) is 3.05. The van der Waals surface area contributed by atoms with Crippen LogP contribution in [0.2, 0.25) is 0 Å². The van der Waals surface area contributed by atoms with Gasteiger partial charge in [-0.05, 0) is 38.9 Å². The Morgan fingerprint density at radius 3 is 1.27 bits per heavy atom. The van der Waals surface area contributed by atoms with Crippen molar-refractivity contribution in [3.8, 4) is 72.9 Å². The van der Waals surface area contributed by atoms with Crippen molar-refractivity contribution in [3.63, 3.8) is 0 Å². The molecule has 0 unspecified atom stereocenters. The van der Waals surface area contributed by atoms with E-state index in [0.717, 1.165) is 44.5 Å². The molecule has 3 heteroatoms. The maximum Gasteiger partial charge on any atom is 0.138 e. The van der Waals surface area contributed by atoms with Crippen molar-refractivity contribution < 1.29 is 14.6 Å². The maximum absolute atomic E-state index is 12.4. The maximum atomic E-state index is 12.4. The fourth-order valence-electron chi connectivity index (χ4n) is 5.55. The molecule has 0 bridgehead atoms. The second-order valence-corrected chi connectivity index (χ2v) is 9.75. The lowest BCUT2D eigenvalue weighted by atomic mass is 9.84. The van der Waals surface area contributed by atoms with Crippen molar-refractivity contribution in [1.29, 1.82) is 0 Å². The minimum absolute atomic E-state index is 0.102. The zero-order valence-electron chi connectivity index (χ0n) is 23.0. The van der Waals surface area contributed by atoms with Gasteiger partial charge >= 0.3 is 0 Å². The smallest absolute Gasteiger partial charge is 0.138 e. The van der Waals surface area contributed by atoms with Gasteiger partial charge in [0.15, 0.2) is 0 Å². The summed E-state index contributed by atoms with van der Waals surface area (Å²) in [7, 11) is 3.25. The minimum atomic E-state index is 0.102. The molecule has 0 aliphatic rings. The molecular formula is C38H30O3. The van der Waals surface area contributed by atoms with Crippen LogP contribution in [0.4, 0.5) is 0 Å². The largest absolute Gasteiger partial charge is 0.506 e. The van der Waals surface area contributed by atoms with Crippen molar-refractivity contribution >= 4 is 0 Å². The minimum Gasteiger partial charge on any atom is -0.506 e. The molecule has 6 rings (SSSR count).